The van der Waals surface area contributed by atoms with E-state index in [2.05, 4.69) is 53.2 Å². The molecule has 2 aromatic carbocycles. The van der Waals surface area contributed by atoms with Gasteiger partial charge in [0.25, 0.3) is 0 Å². The zero-order valence-electron chi connectivity index (χ0n) is 16.0. The van der Waals surface area contributed by atoms with Crippen LogP contribution in [0.15, 0.2) is 36.5 Å². The highest BCUT2D eigenvalue weighted by atomic mass is 15.3. The molecule has 0 atom stereocenters. The predicted molar refractivity (Wildman–Crippen MR) is 109 cm³/mol. The summed E-state index contributed by atoms with van der Waals surface area (Å²) in [6.45, 7) is 8.17. The third-order valence-electron chi connectivity index (χ3n) is 4.48. The summed E-state index contributed by atoms with van der Waals surface area (Å²) in [5.41, 5.74) is 11.5. The third-order valence-corrected chi connectivity index (χ3v) is 4.48. The van der Waals surface area contributed by atoms with E-state index in [9.17, 15) is 0 Å². The number of nitrogen functional groups attached to an aromatic ring is 1. The Morgan fingerprint density at radius 3 is 2.62 bits per heavy atom. The molecule has 0 bridgehead atoms. The number of aryl methyl sites for hydroxylation is 3. The van der Waals surface area contributed by atoms with Crippen LogP contribution in [0.3, 0.4) is 0 Å². The molecule has 2 aromatic heterocycles. The monoisotopic (exact) mass is 347 g/mol. The first-order chi connectivity index (χ1) is 12.6. The predicted octanol–water partition coefficient (Wildman–Crippen LogP) is 4.66. The molecule has 0 fully saturated rings. The molecule has 0 aliphatic carbocycles. The van der Waals surface area contributed by atoms with Crippen molar-refractivity contribution in [2.75, 3.05) is 5.73 Å². The van der Waals surface area contributed by atoms with E-state index >= 15 is 0 Å². The van der Waals surface area contributed by atoms with Crippen LogP contribution < -0.4 is 5.73 Å². The molecule has 0 saturated heterocycles. The third kappa shape index (κ3) is 2.90. The Morgan fingerprint density at radius 2 is 1.88 bits per heavy atom. The number of aromatic nitrogens is 4. The van der Waals surface area contributed by atoms with Crippen molar-refractivity contribution < 1.29 is 0 Å². The first-order valence-electron chi connectivity index (χ1n) is 9.06. The van der Waals surface area contributed by atoms with Gasteiger partial charge < -0.3 is 5.73 Å². The highest BCUT2D eigenvalue weighted by molar-refractivity contribution is 6.02. The van der Waals surface area contributed by atoms with Gasteiger partial charge in [-0.1, -0.05) is 32.9 Å². The number of benzene rings is 2. The van der Waals surface area contributed by atoms with Gasteiger partial charge in [-0.15, -0.1) is 0 Å². The number of anilines is 1. The van der Waals surface area contributed by atoms with E-state index in [1.54, 1.807) is 0 Å². The van der Waals surface area contributed by atoms with Crippen LogP contribution in [0.1, 0.15) is 32.2 Å². The second kappa shape index (κ2) is 7.12. The van der Waals surface area contributed by atoms with Crippen molar-refractivity contribution in [3.63, 3.8) is 0 Å². The fourth-order valence-electron chi connectivity index (χ4n) is 3.26. The Bertz CT molecular complexity index is 1080. The smallest absolute Gasteiger partial charge is 0.153 e. The lowest BCUT2D eigenvalue weighted by Gasteiger charge is -2.10. The molecule has 2 heterocycles. The SMILES string of the molecule is CC.CCc1ncc2cc(-c3c(C)ccc4c(N)nn(C)c34)ccc2n1. The molecule has 0 radical (unpaired) electrons. The van der Waals surface area contributed by atoms with Crippen LogP contribution in [0.25, 0.3) is 32.9 Å². The molecule has 5 heteroatoms. The van der Waals surface area contributed by atoms with Crippen molar-refractivity contribution in [3.8, 4) is 11.1 Å². The van der Waals surface area contributed by atoms with E-state index in [0.29, 0.717) is 5.82 Å². The maximum Gasteiger partial charge on any atom is 0.153 e. The lowest BCUT2D eigenvalue weighted by Crippen LogP contribution is -1.95. The highest BCUT2D eigenvalue weighted by Crippen LogP contribution is 2.35. The molecule has 4 rings (SSSR count). The van der Waals surface area contributed by atoms with Crippen LogP contribution in [0.2, 0.25) is 0 Å². The minimum absolute atomic E-state index is 0.561. The zero-order valence-corrected chi connectivity index (χ0v) is 16.0. The van der Waals surface area contributed by atoms with Crippen molar-refractivity contribution in [1.82, 2.24) is 19.7 Å². The number of nitrogens with two attached hydrogens (primary N) is 1. The normalized spacial score (nSPS) is 10.8. The van der Waals surface area contributed by atoms with Crippen LogP contribution in [0.5, 0.6) is 0 Å². The lowest BCUT2D eigenvalue weighted by atomic mass is 9.96. The average Bonchev–Trinajstić information content (AvgIpc) is 2.96. The lowest BCUT2D eigenvalue weighted by molar-refractivity contribution is 0.802. The Balaban J connectivity index is 0.000000948. The van der Waals surface area contributed by atoms with E-state index in [4.69, 9.17) is 5.73 Å². The maximum atomic E-state index is 6.04. The fourth-order valence-corrected chi connectivity index (χ4v) is 3.26. The molecule has 0 unspecified atom stereocenters. The van der Waals surface area contributed by atoms with E-state index in [1.807, 2.05) is 37.8 Å². The fraction of sp³-hybridized carbons (Fsp3) is 0.286. The summed E-state index contributed by atoms with van der Waals surface area (Å²) in [5.74, 6) is 1.43. The molecule has 0 spiro atoms. The molecular weight excluding hydrogens is 322 g/mol. The van der Waals surface area contributed by atoms with Gasteiger partial charge in [0.1, 0.15) is 5.82 Å². The Kier molecular flexibility index (Phi) is 4.89. The standard InChI is InChI=1S/C19H19N5.C2H6/c1-4-16-21-10-13-9-12(6-8-15(13)22-16)17-11(2)5-7-14-18(17)24(3)23-19(14)20;1-2/h5-10H,4H2,1-3H3,(H2,20,23);1-2H3. The van der Waals surface area contributed by atoms with Gasteiger partial charge in [-0.25, -0.2) is 9.97 Å². The Morgan fingerprint density at radius 1 is 1.12 bits per heavy atom. The summed E-state index contributed by atoms with van der Waals surface area (Å²) < 4.78 is 1.86. The summed E-state index contributed by atoms with van der Waals surface area (Å²) in [6.07, 6.45) is 2.74. The minimum Gasteiger partial charge on any atom is -0.382 e. The summed E-state index contributed by atoms with van der Waals surface area (Å²) in [6, 6.07) is 10.4. The Labute approximate surface area is 153 Å². The average molecular weight is 347 g/mol. The second-order valence-corrected chi connectivity index (χ2v) is 6.08. The quantitative estimate of drug-likeness (QED) is 0.572. The molecular formula is C21H25N5. The van der Waals surface area contributed by atoms with Gasteiger partial charge in [0.2, 0.25) is 0 Å². The number of hydrogen-bond donors (Lipinski definition) is 1. The van der Waals surface area contributed by atoms with Gasteiger partial charge in [-0.05, 0) is 36.2 Å². The summed E-state index contributed by atoms with van der Waals surface area (Å²) in [5, 5.41) is 6.39. The van der Waals surface area contributed by atoms with Gasteiger partial charge in [-0.3, -0.25) is 4.68 Å². The first-order valence-corrected chi connectivity index (χ1v) is 9.06. The second-order valence-electron chi connectivity index (χ2n) is 6.08. The van der Waals surface area contributed by atoms with E-state index in [1.165, 1.54) is 5.56 Å². The molecule has 2 N–H and O–H groups in total. The molecule has 5 nitrogen and oxygen atoms in total. The van der Waals surface area contributed by atoms with Crippen LogP contribution in [-0.4, -0.2) is 19.7 Å². The van der Waals surface area contributed by atoms with Gasteiger partial charge in [0.15, 0.2) is 5.82 Å². The molecule has 0 aliphatic heterocycles. The Hall–Kier alpha value is -2.95. The maximum absolute atomic E-state index is 6.04. The van der Waals surface area contributed by atoms with E-state index in [0.717, 1.165) is 45.2 Å². The van der Waals surface area contributed by atoms with Crippen molar-refractivity contribution in [1.29, 1.82) is 0 Å². The minimum atomic E-state index is 0.561. The van der Waals surface area contributed by atoms with Crippen molar-refractivity contribution in [3.05, 3.63) is 47.9 Å². The van der Waals surface area contributed by atoms with Crippen molar-refractivity contribution in [2.45, 2.75) is 34.1 Å². The van der Waals surface area contributed by atoms with Crippen molar-refractivity contribution >= 4 is 27.6 Å². The first kappa shape index (κ1) is 17.9. The molecule has 134 valence electrons. The topological polar surface area (TPSA) is 69.6 Å². The zero-order chi connectivity index (χ0) is 18.8. The molecule has 4 aromatic rings. The summed E-state index contributed by atoms with van der Waals surface area (Å²) >= 11 is 0. The van der Waals surface area contributed by atoms with Crippen LogP contribution in [0, 0.1) is 6.92 Å². The van der Waals surface area contributed by atoms with Gasteiger partial charge in [0, 0.05) is 36.0 Å². The summed E-state index contributed by atoms with van der Waals surface area (Å²) in [4.78, 5) is 9.00. The number of fused-ring (bicyclic) bond motifs is 2. The number of rotatable bonds is 2. The molecule has 0 aliphatic rings. The van der Waals surface area contributed by atoms with Gasteiger partial charge in [0.05, 0.1) is 11.0 Å². The molecule has 0 amide bonds. The highest BCUT2D eigenvalue weighted by Gasteiger charge is 2.14. The van der Waals surface area contributed by atoms with Gasteiger partial charge >= 0.3 is 0 Å². The van der Waals surface area contributed by atoms with E-state index < -0.39 is 0 Å². The molecule has 0 saturated carbocycles. The molecule has 26 heavy (non-hydrogen) atoms. The van der Waals surface area contributed by atoms with Crippen LogP contribution >= 0.6 is 0 Å². The summed E-state index contributed by atoms with van der Waals surface area (Å²) in [7, 11) is 1.93. The van der Waals surface area contributed by atoms with Crippen LogP contribution in [0.4, 0.5) is 5.82 Å². The van der Waals surface area contributed by atoms with Gasteiger partial charge in [-0.2, -0.15) is 5.10 Å². The number of hydrogen-bond acceptors (Lipinski definition) is 4. The number of nitrogens with zero attached hydrogens (tertiary/aromatic N) is 4. The van der Waals surface area contributed by atoms with Crippen LogP contribution in [-0.2, 0) is 13.5 Å². The largest absolute Gasteiger partial charge is 0.382 e. The van der Waals surface area contributed by atoms with Crippen molar-refractivity contribution in [2.24, 2.45) is 7.05 Å². The van der Waals surface area contributed by atoms with E-state index in [-0.39, 0.29) is 0 Å².